The van der Waals surface area contributed by atoms with E-state index in [2.05, 4.69) is 10.6 Å². The molecule has 0 aliphatic rings. The Balaban J connectivity index is 1.90. The van der Waals surface area contributed by atoms with E-state index in [1.165, 1.54) is 0 Å². The second kappa shape index (κ2) is 7.47. The molecule has 0 unspecified atom stereocenters. The second-order valence-corrected chi connectivity index (χ2v) is 4.85. The highest BCUT2D eigenvalue weighted by molar-refractivity contribution is 6.33. The smallest absolute Gasteiger partial charge is 0.253 e. The molecule has 0 aromatic heterocycles. The number of nitrogens with one attached hydrogen (secondary N) is 2. The van der Waals surface area contributed by atoms with Gasteiger partial charge in [-0.15, -0.1) is 0 Å². The maximum absolute atomic E-state index is 11.9. The third-order valence-corrected chi connectivity index (χ3v) is 3.21. The Labute approximate surface area is 133 Å². The maximum Gasteiger partial charge on any atom is 0.253 e. The van der Waals surface area contributed by atoms with E-state index in [0.717, 1.165) is 0 Å². The van der Waals surface area contributed by atoms with Crippen LogP contribution in [0.1, 0.15) is 10.4 Å². The fraction of sp³-hybridized carbons (Fsp3) is 0.125. The molecule has 0 radical (unpaired) electrons. The van der Waals surface area contributed by atoms with Crippen LogP contribution in [-0.4, -0.2) is 25.5 Å². The molecule has 2 aromatic carbocycles. The topological polar surface area (TPSA) is 67.4 Å². The fourth-order valence-electron chi connectivity index (χ4n) is 1.81. The lowest BCUT2D eigenvalue weighted by Crippen LogP contribution is -2.33. The van der Waals surface area contributed by atoms with Crippen molar-refractivity contribution in [2.75, 3.05) is 19.0 Å². The zero-order valence-electron chi connectivity index (χ0n) is 11.9. The summed E-state index contributed by atoms with van der Waals surface area (Å²) in [5, 5.41) is 5.53. The average Bonchev–Trinajstić information content (AvgIpc) is 2.53. The molecule has 6 heteroatoms. The SMILES string of the molecule is COc1cccc(NC(=O)CNC(=O)c2ccccc2Cl)c1. The van der Waals surface area contributed by atoms with Gasteiger partial charge in [-0.05, 0) is 24.3 Å². The summed E-state index contributed by atoms with van der Waals surface area (Å²) in [6.07, 6.45) is 0. The third-order valence-electron chi connectivity index (χ3n) is 2.88. The number of hydrogen-bond donors (Lipinski definition) is 2. The lowest BCUT2D eigenvalue weighted by atomic mass is 10.2. The summed E-state index contributed by atoms with van der Waals surface area (Å²) >= 11 is 5.92. The number of hydrogen-bond acceptors (Lipinski definition) is 3. The molecule has 2 aromatic rings. The van der Waals surface area contributed by atoms with Gasteiger partial charge in [0, 0.05) is 11.8 Å². The molecule has 0 aliphatic heterocycles. The van der Waals surface area contributed by atoms with Crippen molar-refractivity contribution >= 4 is 29.1 Å². The molecule has 0 saturated heterocycles. The first kappa shape index (κ1) is 15.9. The molecule has 0 fully saturated rings. The molecule has 114 valence electrons. The summed E-state index contributed by atoms with van der Waals surface area (Å²) in [4.78, 5) is 23.8. The van der Waals surface area contributed by atoms with Gasteiger partial charge in [-0.2, -0.15) is 0 Å². The molecule has 2 N–H and O–H groups in total. The summed E-state index contributed by atoms with van der Waals surface area (Å²) in [5.74, 6) is -0.0991. The minimum atomic E-state index is -0.397. The average molecular weight is 319 g/mol. The lowest BCUT2D eigenvalue weighted by Gasteiger charge is -2.08. The van der Waals surface area contributed by atoms with Crippen LogP contribution in [0.4, 0.5) is 5.69 Å². The van der Waals surface area contributed by atoms with Crippen LogP contribution in [0.25, 0.3) is 0 Å². The number of amides is 2. The summed E-state index contributed by atoms with van der Waals surface area (Å²) in [6, 6.07) is 13.6. The summed E-state index contributed by atoms with van der Waals surface area (Å²) in [6.45, 7) is -0.152. The van der Waals surface area contributed by atoms with E-state index in [1.54, 1.807) is 55.6 Å². The number of rotatable bonds is 5. The number of anilines is 1. The number of ether oxygens (including phenoxy) is 1. The van der Waals surface area contributed by atoms with Crippen molar-refractivity contribution in [3.8, 4) is 5.75 Å². The number of carbonyl (C=O) groups is 2. The highest BCUT2D eigenvalue weighted by atomic mass is 35.5. The van der Waals surface area contributed by atoms with Crippen LogP contribution in [0.15, 0.2) is 48.5 Å². The van der Waals surface area contributed by atoms with Crippen LogP contribution < -0.4 is 15.4 Å². The van der Waals surface area contributed by atoms with Gasteiger partial charge in [-0.1, -0.05) is 29.8 Å². The first-order valence-electron chi connectivity index (χ1n) is 6.57. The van der Waals surface area contributed by atoms with Crippen molar-refractivity contribution in [2.45, 2.75) is 0 Å². The van der Waals surface area contributed by atoms with Crippen molar-refractivity contribution < 1.29 is 14.3 Å². The second-order valence-electron chi connectivity index (χ2n) is 4.44. The first-order valence-corrected chi connectivity index (χ1v) is 6.94. The van der Waals surface area contributed by atoms with Gasteiger partial charge in [0.2, 0.25) is 5.91 Å². The molecule has 2 rings (SSSR count). The zero-order chi connectivity index (χ0) is 15.9. The van der Waals surface area contributed by atoms with Gasteiger partial charge in [-0.25, -0.2) is 0 Å². The van der Waals surface area contributed by atoms with Gasteiger partial charge in [0.05, 0.1) is 24.2 Å². The van der Waals surface area contributed by atoms with E-state index in [-0.39, 0.29) is 12.5 Å². The number of carbonyl (C=O) groups excluding carboxylic acids is 2. The van der Waals surface area contributed by atoms with Gasteiger partial charge in [-0.3, -0.25) is 9.59 Å². The molecule has 0 bridgehead atoms. The lowest BCUT2D eigenvalue weighted by molar-refractivity contribution is -0.115. The highest BCUT2D eigenvalue weighted by Crippen LogP contribution is 2.16. The summed E-state index contributed by atoms with van der Waals surface area (Å²) < 4.78 is 5.07. The van der Waals surface area contributed by atoms with E-state index in [9.17, 15) is 9.59 Å². The van der Waals surface area contributed by atoms with Gasteiger partial charge >= 0.3 is 0 Å². The van der Waals surface area contributed by atoms with Crippen molar-refractivity contribution in [2.24, 2.45) is 0 Å². The standard InChI is InChI=1S/C16H15ClN2O3/c1-22-12-6-4-5-11(9-12)19-15(20)10-18-16(21)13-7-2-3-8-14(13)17/h2-9H,10H2,1H3,(H,18,21)(H,19,20). The Morgan fingerprint density at radius 3 is 2.64 bits per heavy atom. The predicted molar refractivity (Wildman–Crippen MR) is 85.4 cm³/mol. The molecule has 22 heavy (non-hydrogen) atoms. The van der Waals surface area contributed by atoms with Crippen LogP contribution in [0.3, 0.4) is 0 Å². The normalized spacial score (nSPS) is 9.91. The molecule has 2 amide bonds. The molecular formula is C16H15ClN2O3. The van der Waals surface area contributed by atoms with E-state index in [1.807, 2.05) is 0 Å². The van der Waals surface area contributed by atoms with Crippen molar-refractivity contribution in [1.82, 2.24) is 5.32 Å². The maximum atomic E-state index is 11.9. The Kier molecular flexibility index (Phi) is 5.38. The molecular weight excluding hydrogens is 304 g/mol. The van der Waals surface area contributed by atoms with E-state index in [4.69, 9.17) is 16.3 Å². The van der Waals surface area contributed by atoms with Crippen LogP contribution >= 0.6 is 11.6 Å². The minimum Gasteiger partial charge on any atom is -0.497 e. The molecule has 0 spiro atoms. The zero-order valence-corrected chi connectivity index (χ0v) is 12.7. The largest absolute Gasteiger partial charge is 0.497 e. The summed E-state index contributed by atoms with van der Waals surface area (Å²) in [5.41, 5.74) is 0.926. The fourth-order valence-corrected chi connectivity index (χ4v) is 2.03. The minimum absolute atomic E-state index is 0.152. The number of halogens is 1. The van der Waals surface area contributed by atoms with E-state index in [0.29, 0.717) is 22.0 Å². The number of methoxy groups -OCH3 is 1. The van der Waals surface area contributed by atoms with Crippen LogP contribution in [0.2, 0.25) is 5.02 Å². The molecule has 5 nitrogen and oxygen atoms in total. The molecule has 0 saturated carbocycles. The van der Waals surface area contributed by atoms with Crippen LogP contribution in [0.5, 0.6) is 5.75 Å². The van der Waals surface area contributed by atoms with Crippen molar-refractivity contribution in [3.63, 3.8) is 0 Å². The van der Waals surface area contributed by atoms with Crippen LogP contribution in [0, 0.1) is 0 Å². The Morgan fingerprint density at radius 2 is 1.91 bits per heavy atom. The Morgan fingerprint density at radius 1 is 1.14 bits per heavy atom. The van der Waals surface area contributed by atoms with Crippen molar-refractivity contribution in [3.05, 3.63) is 59.1 Å². The van der Waals surface area contributed by atoms with E-state index < -0.39 is 5.91 Å². The van der Waals surface area contributed by atoms with Gasteiger partial charge in [0.1, 0.15) is 5.75 Å². The first-order chi connectivity index (χ1) is 10.6. The molecule has 0 heterocycles. The van der Waals surface area contributed by atoms with Gasteiger partial charge in [0.25, 0.3) is 5.91 Å². The quantitative estimate of drug-likeness (QED) is 0.890. The Hall–Kier alpha value is -2.53. The van der Waals surface area contributed by atoms with Crippen LogP contribution in [-0.2, 0) is 4.79 Å². The third kappa shape index (κ3) is 4.23. The van der Waals surface area contributed by atoms with E-state index >= 15 is 0 Å². The predicted octanol–water partition coefficient (Wildman–Crippen LogP) is 2.72. The van der Waals surface area contributed by atoms with Gasteiger partial charge < -0.3 is 15.4 Å². The van der Waals surface area contributed by atoms with Crippen molar-refractivity contribution in [1.29, 1.82) is 0 Å². The summed E-state index contributed by atoms with van der Waals surface area (Å²) in [7, 11) is 1.55. The monoisotopic (exact) mass is 318 g/mol. The Bertz CT molecular complexity index is 689. The molecule has 0 aliphatic carbocycles. The van der Waals surface area contributed by atoms with Gasteiger partial charge in [0.15, 0.2) is 0 Å². The number of benzene rings is 2. The highest BCUT2D eigenvalue weighted by Gasteiger charge is 2.11. The molecule has 0 atom stereocenters.